The second-order valence-corrected chi connectivity index (χ2v) is 5.56. The third-order valence-electron chi connectivity index (χ3n) is 4.34. The molecule has 2 N–H and O–H groups in total. The molecular weight excluding hydrogens is 256 g/mol. The zero-order valence-electron chi connectivity index (χ0n) is 12.2. The van der Waals surface area contributed by atoms with Crippen LogP contribution in [-0.2, 0) is 6.54 Å². The summed E-state index contributed by atoms with van der Waals surface area (Å²) in [5, 5.41) is 0. The van der Waals surface area contributed by atoms with Crippen molar-refractivity contribution in [2.75, 3.05) is 13.1 Å². The summed E-state index contributed by atoms with van der Waals surface area (Å²) >= 11 is 0. The molecule has 1 aliphatic heterocycles. The molecule has 1 saturated heterocycles. The molecule has 1 atom stereocenters. The Kier molecular flexibility index (Phi) is 6.84. The topological polar surface area (TPSA) is 29.3 Å². The second-order valence-electron chi connectivity index (χ2n) is 5.56. The van der Waals surface area contributed by atoms with Gasteiger partial charge in [0.05, 0.1) is 0 Å². The van der Waals surface area contributed by atoms with Crippen molar-refractivity contribution in [1.82, 2.24) is 4.90 Å². The first-order valence-corrected chi connectivity index (χ1v) is 7.21. The largest absolute Gasteiger partial charge is 0.330 e. The second kappa shape index (κ2) is 7.88. The monoisotopic (exact) mass is 282 g/mol. The van der Waals surface area contributed by atoms with Gasteiger partial charge in [0, 0.05) is 12.6 Å². The summed E-state index contributed by atoms with van der Waals surface area (Å²) in [7, 11) is 0. The summed E-state index contributed by atoms with van der Waals surface area (Å²) in [4.78, 5) is 2.64. The van der Waals surface area contributed by atoms with Crippen molar-refractivity contribution in [3.63, 3.8) is 0 Å². The highest BCUT2D eigenvalue weighted by Crippen LogP contribution is 2.23. The van der Waals surface area contributed by atoms with Crippen LogP contribution in [0.25, 0.3) is 0 Å². The van der Waals surface area contributed by atoms with E-state index < -0.39 is 0 Å². The van der Waals surface area contributed by atoms with E-state index in [1.807, 2.05) is 0 Å². The summed E-state index contributed by atoms with van der Waals surface area (Å²) in [6.07, 6.45) is 5.17. The summed E-state index contributed by atoms with van der Waals surface area (Å²) in [5.41, 5.74) is 10.1. The molecule has 0 aliphatic carbocycles. The minimum atomic E-state index is 0. The molecule has 19 heavy (non-hydrogen) atoms. The first-order valence-electron chi connectivity index (χ1n) is 7.21. The standard InChI is InChI=1S/C16H26N2.ClH/c1-13-6-5-7-15(14(13)2)12-18-11-4-3-8-16(18)9-10-17;/h5-7,16H,3-4,8-12,17H2,1-2H3;1H. The van der Waals surface area contributed by atoms with Gasteiger partial charge in [-0.3, -0.25) is 4.90 Å². The number of aryl methyl sites for hydroxylation is 1. The van der Waals surface area contributed by atoms with E-state index in [0.29, 0.717) is 6.04 Å². The molecule has 0 saturated carbocycles. The zero-order chi connectivity index (χ0) is 13.0. The Bertz CT molecular complexity index is 390. The molecular formula is C16H27ClN2. The molecule has 1 aromatic rings. The summed E-state index contributed by atoms with van der Waals surface area (Å²) in [5.74, 6) is 0. The van der Waals surface area contributed by atoms with Crippen LogP contribution in [-0.4, -0.2) is 24.0 Å². The fraction of sp³-hybridized carbons (Fsp3) is 0.625. The van der Waals surface area contributed by atoms with E-state index in [4.69, 9.17) is 5.73 Å². The Labute approximate surface area is 123 Å². The van der Waals surface area contributed by atoms with Crippen molar-refractivity contribution in [2.45, 2.75) is 52.1 Å². The van der Waals surface area contributed by atoms with Crippen LogP contribution < -0.4 is 5.73 Å². The van der Waals surface area contributed by atoms with Gasteiger partial charge in [-0.25, -0.2) is 0 Å². The highest BCUT2D eigenvalue weighted by atomic mass is 35.5. The van der Waals surface area contributed by atoms with Gasteiger partial charge in [0.1, 0.15) is 0 Å². The van der Waals surface area contributed by atoms with E-state index in [-0.39, 0.29) is 12.4 Å². The van der Waals surface area contributed by atoms with Crippen molar-refractivity contribution >= 4 is 12.4 Å². The molecule has 0 bridgehead atoms. The van der Waals surface area contributed by atoms with Crippen LogP contribution in [0.2, 0.25) is 0 Å². The van der Waals surface area contributed by atoms with Gasteiger partial charge < -0.3 is 5.73 Å². The van der Waals surface area contributed by atoms with E-state index >= 15 is 0 Å². The Hall–Kier alpha value is -0.570. The van der Waals surface area contributed by atoms with Gasteiger partial charge in [0.25, 0.3) is 0 Å². The molecule has 0 spiro atoms. The lowest BCUT2D eigenvalue weighted by atomic mass is 9.97. The van der Waals surface area contributed by atoms with Crippen LogP contribution in [0.1, 0.15) is 42.4 Å². The number of piperidine rings is 1. The first kappa shape index (κ1) is 16.5. The number of hydrogen-bond donors (Lipinski definition) is 1. The molecule has 1 aliphatic rings. The third kappa shape index (κ3) is 4.20. The normalized spacial score (nSPS) is 20.1. The number of rotatable bonds is 4. The molecule has 2 nitrogen and oxygen atoms in total. The minimum Gasteiger partial charge on any atom is -0.330 e. The van der Waals surface area contributed by atoms with E-state index in [0.717, 1.165) is 19.5 Å². The Morgan fingerprint density at radius 2 is 2.05 bits per heavy atom. The van der Waals surface area contributed by atoms with Crippen molar-refractivity contribution in [1.29, 1.82) is 0 Å². The summed E-state index contributed by atoms with van der Waals surface area (Å²) < 4.78 is 0. The average molecular weight is 283 g/mol. The lowest BCUT2D eigenvalue weighted by molar-refractivity contribution is 0.134. The summed E-state index contributed by atoms with van der Waals surface area (Å²) in [6, 6.07) is 7.35. The van der Waals surface area contributed by atoms with E-state index in [1.165, 1.54) is 42.5 Å². The molecule has 0 aromatic heterocycles. The maximum absolute atomic E-state index is 5.74. The van der Waals surface area contributed by atoms with Gasteiger partial charge in [-0.05, 0) is 62.9 Å². The van der Waals surface area contributed by atoms with Crippen molar-refractivity contribution in [3.05, 3.63) is 34.9 Å². The Morgan fingerprint density at radius 3 is 2.79 bits per heavy atom. The maximum atomic E-state index is 5.74. The predicted octanol–water partition coefficient (Wildman–Crippen LogP) is 3.43. The van der Waals surface area contributed by atoms with Gasteiger partial charge >= 0.3 is 0 Å². The van der Waals surface area contributed by atoms with Gasteiger partial charge in [-0.15, -0.1) is 12.4 Å². The SMILES string of the molecule is Cc1cccc(CN2CCCCC2CCN)c1C.Cl. The van der Waals surface area contributed by atoms with Gasteiger partial charge in [0.15, 0.2) is 0 Å². The zero-order valence-corrected chi connectivity index (χ0v) is 13.0. The van der Waals surface area contributed by atoms with Crippen LogP contribution in [0.3, 0.4) is 0 Å². The number of hydrogen-bond acceptors (Lipinski definition) is 2. The van der Waals surface area contributed by atoms with E-state index in [1.54, 1.807) is 0 Å². The van der Waals surface area contributed by atoms with E-state index in [2.05, 4.69) is 36.9 Å². The fourth-order valence-corrected chi connectivity index (χ4v) is 2.99. The highest BCUT2D eigenvalue weighted by molar-refractivity contribution is 5.85. The quantitative estimate of drug-likeness (QED) is 0.917. The third-order valence-corrected chi connectivity index (χ3v) is 4.34. The molecule has 2 rings (SSSR count). The van der Waals surface area contributed by atoms with Crippen molar-refractivity contribution < 1.29 is 0 Å². The van der Waals surface area contributed by atoms with Crippen LogP contribution in [0, 0.1) is 13.8 Å². The summed E-state index contributed by atoms with van der Waals surface area (Å²) in [6.45, 7) is 7.59. The lowest BCUT2D eigenvalue weighted by Gasteiger charge is -2.36. The molecule has 1 heterocycles. The van der Waals surface area contributed by atoms with Crippen LogP contribution in [0.4, 0.5) is 0 Å². The van der Waals surface area contributed by atoms with E-state index in [9.17, 15) is 0 Å². The number of nitrogens with zero attached hydrogens (tertiary/aromatic N) is 1. The molecule has 3 heteroatoms. The lowest BCUT2D eigenvalue weighted by Crippen LogP contribution is -2.40. The molecule has 1 fully saturated rings. The molecule has 0 amide bonds. The van der Waals surface area contributed by atoms with Crippen molar-refractivity contribution in [2.24, 2.45) is 5.73 Å². The number of benzene rings is 1. The van der Waals surface area contributed by atoms with Crippen LogP contribution in [0.5, 0.6) is 0 Å². The van der Waals surface area contributed by atoms with Gasteiger partial charge in [-0.1, -0.05) is 24.6 Å². The Morgan fingerprint density at radius 1 is 1.26 bits per heavy atom. The van der Waals surface area contributed by atoms with Gasteiger partial charge in [-0.2, -0.15) is 0 Å². The molecule has 1 unspecified atom stereocenters. The van der Waals surface area contributed by atoms with Crippen LogP contribution in [0.15, 0.2) is 18.2 Å². The average Bonchev–Trinajstić information content (AvgIpc) is 2.37. The predicted molar refractivity (Wildman–Crippen MR) is 84.9 cm³/mol. The number of nitrogens with two attached hydrogens (primary N) is 1. The first-order chi connectivity index (χ1) is 8.72. The van der Waals surface area contributed by atoms with Gasteiger partial charge in [0.2, 0.25) is 0 Å². The Balaban J connectivity index is 0.00000180. The van der Waals surface area contributed by atoms with Crippen LogP contribution >= 0.6 is 12.4 Å². The molecule has 0 radical (unpaired) electrons. The number of halogens is 1. The smallest absolute Gasteiger partial charge is 0.0239 e. The number of likely N-dealkylation sites (tertiary alicyclic amines) is 1. The fourth-order valence-electron chi connectivity index (χ4n) is 2.99. The maximum Gasteiger partial charge on any atom is 0.0239 e. The highest BCUT2D eigenvalue weighted by Gasteiger charge is 2.22. The minimum absolute atomic E-state index is 0. The molecule has 1 aromatic carbocycles. The molecule has 108 valence electrons. The van der Waals surface area contributed by atoms with Crippen molar-refractivity contribution in [3.8, 4) is 0 Å².